The van der Waals surface area contributed by atoms with E-state index >= 15 is 4.39 Å². The first-order chi connectivity index (χ1) is 20.2. The Hall–Kier alpha value is -6.30. The third kappa shape index (κ3) is 5.33. The summed E-state index contributed by atoms with van der Waals surface area (Å²) in [6, 6.07) is 42.7. The van der Waals surface area contributed by atoms with Gasteiger partial charge in [-0.1, -0.05) is 72.8 Å². The molecule has 0 aliphatic carbocycles. The first-order valence-electron chi connectivity index (χ1n) is 12.6. The molecule has 196 valence electrons. The van der Waals surface area contributed by atoms with E-state index < -0.39 is 16.9 Å². The number of hydrazine groups is 2. The number of nitrogens with one attached hydrogen (secondary N) is 2. The number of rotatable bonds is 8. The molecule has 0 saturated heterocycles. The number of benzene rings is 5. The van der Waals surface area contributed by atoms with Gasteiger partial charge in [-0.2, -0.15) is 15.8 Å². The fraction of sp³-hybridized carbons (Fsp3) is 0. The Labute approximate surface area is 237 Å². The van der Waals surface area contributed by atoms with Crippen LogP contribution >= 0.6 is 0 Å². The topological polar surface area (TPSA) is 102 Å². The van der Waals surface area contributed by atoms with Crippen LogP contribution in [-0.4, -0.2) is 0 Å². The first-order valence-corrected chi connectivity index (χ1v) is 12.6. The SMILES string of the molecule is N#Cc1c(F)c(C#N)c(NN(c2ccccc2)c2ccccc2)c(C#N)c1NN(c1ccccc1)c1ccccc1. The second-order valence-corrected chi connectivity index (χ2v) is 8.76. The van der Waals surface area contributed by atoms with E-state index in [0.717, 1.165) is 0 Å². The van der Waals surface area contributed by atoms with Gasteiger partial charge in [0.15, 0.2) is 5.82 Å². The molecule has 5 aromatic carbocycles. The van der Waals surface area contributed by atoms with E-state index in [2.05, 4.69) is 16.9 Å². The molecule has 0 spiro atoms. The van der Waals surface area contributed by atoms with Crippen LogP contribution in [0, 0.1) is 39.8 Å². The van der Waals surface area contributed by atoms with Crippen LogP contribution in [0.15, 0.2) is 121 Å². The first kappa shape index (κ1) is 26.3. The zero-order valence-electron chi connectivity index (χ0n) is 21.7. The minimum absolute atomic E-state index is 0.0808. The van der Waals surface area contributed by atoms with Gasteiger partial charge >= 0.3 is 0 Å². The molecule has 0 aromatic heterocycles. The summed E-state index contributed by atoms with van der Waals surface area (Å²) in [5.41, 5.74) is 7.79. The molecule has 2 N–H and O–H groups in total. The van der Waals surface area contributed by atoms with Crippen LogP contribution in [0.4, 0.5) is 38.5 Å². The van der Waals surface area contributed by atoms with Crippen molar-refractivity contribution in [2.24, 2.45) is 0 Å². The predicted octanol–water partition coefficient (Wildman–Crippen LogP) is 7.77. The Morgan fingerprint density at radius 1 is 0.439 bits per heavy atom. The van der Waals surface area contributed by atoms with Gasteiger partial charge in [-0.15, -0.1) is 0 Å². The molecule has 0 atom stereocenters. The molecule has 0 saturated carbocycles. The van der Waals surface area contributed by atoms with Gasteiger partial charge in [-0.05, 0) is 48.5 Å². The van der Waals surface area contributed by atoms with Crippen LogP contribution in [0.25, 0.3) is 0 Å². The summed E-state index contributed by atoms with van der Waals surface area (Å²) in [4.78, 5) is 0. The summed E-state index contributed by atoms with van der Waals surface area (Å²) in [5.74, 6) is -1.04. The monoisotopic (exact) mass is 535 g/mol. The molecular formula is C33H22FN7. The van der Waals surface area contributed by atoms with Crippen molar-refractivity contribution in [1.29, 1.82) is 15.8 Å². The Balaban J connectivity index is 1.72. The van der Waals surface area contributed by atoms with Crippen LogP contribution in [0.3, 0.4) is 0 Å². The lowest BCUT2D eigenvalue weighted by Crippen LogP contribution is -2.29. The fourth-order valence-electron chi connectivity index (χ4n) is 4.35. The van der Waals surface area contributed by atoms with E-state index in [9.17, 15) is 15.8 Å². The summed E-state index contributed by atoms with van der Waals surface area (Å²) in [6.45, 7) is 0. The van der Waals surface area contributed by atoms with Crippen molar-refractivity contribution >= 4 is 34.1 Å². The quantitative estimate of drug-likeness (QED) is 0.196. The number of anilines is 6. The Kier molecular flexibility index (Phi) is 7.73. The normalized spacial score (nSPS) is 10.0. The number of nitriles is 3. The molecule has 7 nitrogen and oxygen atoms in total. The van der Waals surface area contributed by atoms with Crippen molar-refractivity contribution in [1.82, 2.24) is 0 Å². The van der Waals surface area contributed by atoms with Crippen LogP contribution < -0.4 is 20.9 Å². The molecule has 5 rings (SSSR count). The maximum Gasteiger partial charge on any atom is 0.163 e. The Bertz CT molecular complexity index is 1570. The molecular weight excluding hydrogens is 513 g/mol. The van der Waals surface area contributed by atoms with Gasteiger partial charge in [-0.3, -0.25) is 20.9 Å². The number of nitrogens with zero attached hydrogens (tertiary/aromatic N) is 5. The van der Waals surface area contributed by atoms with Crippen LogP contribution in [-0.2, 0) is 0 Å². The highest BCUT2D eigenvalue weighted by molar-refractivity contribution is 5.86. The molecule has 0 bridgehead atoms. The summed E-state index contributed by atoms with van der Waals surface area (Å²) in [6.07, 6.45) is 0. The van der Waals surface area contributed by atoms with Gasteiger partial charge in [0.1, 0.15) is 34.9 Å². The zero-order chi connectivity index (χ0) is 28.6. The van der Waals surface area contributed by atoms with Crippen molar-refractivity contribution in [3.05, 3.63) is 144 Å². The van der Waals surface area contributed by atoms with Crippen molar-refractivity contribution < 1.29 is 4.39 Å². The second-order valence-electron chi connectivity index (χ2n) is 8.76. The van der Waals surface area contributed by atoms with Crippen molar-refractivity contribution in [3.8, 4) is 18.2 Å². The largest absolute Gasteiger partial charge is 0.291 e. The van der Waals surface area contributed by atoms with Gasteiger partial charge in [0, 0.05) is 0 Å². The molecule has 0 amide bonds. The standard InChI is InChI=1S/C33H22FN7/c34-31-28(21-35)32(38-40(24-13-5-1-6-14-24)25-15-7-2-8-16-25)30(23-37)33(29(31)22-36)39-41(26-17-9-3-10-18-26)27-19-11-4-12-20-27/h1-20,38-39H. The van der Waals surface area contributed by atoms with Crippen LogP contribution in [0.1, 0.15) is 16.7 Å². The second kappa shape index (κ2) is 12.0. The predicted molar refractivity (Wildman–Crippen MR) is 158 cm³/mol. The molecule has 0 aliphatic rings. The van der Waals surface area contributed by atoms with Gasteiger partial charge < -0.3 is 0 Å². The molecule has 0 fully saturated rings. The van der Waals surface area contributed by atoms with Gasteiger partial charge in [0.2, 0.25) is 0 Å². The van der Waals surface area contributed by atoms with Crippen molar-refractivity contribution in [2.45, 2.75) is 0 Å². The lowest BCUT2D eigenvalue weighted by molar-refractivity contribution is 0.620. The highest BCUT2D eigenvalue weighted by atomic mass is 19.1. The van der Waals surface area contributed by atoms with E-state index in [4.69, 9.17) is 0 Å². The van der Waals surface area contributed by atoms with Gasteiger partial charge in [0.25, 0.3) is 0 Å². The maximum absolute atomic E-state index is 15.9. The number of halogens is 1. The lowest BCUT2D eigenvalue weighted by atomic mass is 10.00. The van der Waals surface area contributed by atoms with E-state index in [1.54, 1.807) is 10.0 Å². The summed E-state index contributed by atoms with van der Waals surface area (Å²) >= 11 is 0. The number of para-hydroxylation sites is 4. The van der Waals surface area contributed by atoms with E-state index in [-0.39, 0.29) is 16.9 Å². The lowest BCUT2D eigenvalue weighted by Gasteiger charge is -2.30. The molecule has 5 aromatic rings. The minimum Gasteiger partial charge on any atom is -0.291 e. The molecule has 41 heavy (non-hydrogen) atoms. The molecule has 0 aliphatic heterocycles. The smallest absolute Gasteiger partial charge is 0.163 e. The molecule has 0 unspecified atom stereocenters. The van der Waals surface area contributed by atoms with Gasteiger partial charge in [-0.25, -0.2) is 4.39 Å². The average Bonchev–Trinajstić information content (AvgIpc) is 3.04. The number of hydrogen-bond donors (Lipinski definition) is 2. The summed E-state index contributed by atoms with van der Waals surface area (Å²) < 4.78 is 15.9. The van der Waals surface area contributed by atoms with Crippen LogP contribution in [0.2, 0.25) is 0 Å². The van der Waals surface area contributed by atoms with Crippen LogP contribution in [0.5, 0.6) is 0 Å². The van der Waals surface area contributed by atoms with E-state index in [1.807, 2.05) is 133 Å². The minimum atomic E-state index is -1.04. The maximum atomic E-state index is 15.9. The van der Waals surface area contributed by atoms with E-state index in [1.165, 1.54) is 0 Å². The van der Waals surface area contributed by atoms with Crippen molar-refractivity contribution in [3.63, 3.8) is 0 Å². The number of hydrogen-bond acceptors (Lipinski definition) is 7. The third-order valence-corrected chi connectivity index (χ3v) is 6.28. The molecule has 0 heterocycles. The third-order valence-electron chi connectivity index (χ3n) is 6.28. The zero-order valence-corrected chi connectivity index (χ0v) is 21.7. The Morgan fingerprint density at radius 2 is 0.707 bits per heavy atom. The molecule has 8 heteroatoms. The summed E-state index contributed by atoms with van der Waals surface area (Å²) in [7, 11) is 0. The molecule has 0 radical (unpaired) electrons. The Morgan fingerprint density at radius 3 is 0.951 bits per heavy atom. The fourth-order valence-corrected chi connectivity index (χ4v) is 4.35. The highest BCUT2D eigenvalue weighted by Crippen LogP contribution is 2.38. The van der Waals surface area contributed by atoms with Gasteiger partial charge in [0.05, 0.1) is 34.1 Å². The van der Waals surface area contributed by atoms with E-state index in [0.29, 0.717) is 22.7 Å². The summed E-state index contributed by atoms with van der Waals surface area (Å²) in [5, 5.41) is 33.8. The van der Waals surface area contributed by atoms with Crippen molar-refractivity contribution in [2.75, 3.05) is 20.9 Å². The highest BCUT2D eigenvalue weighted by Gasteiger charge is 2.28. The average molecular weight is 536 g/mol.